The van der Waals surface area contributed by atoms with Crippen LogP contribution in [0.2, 0.25) is 0 Å². The molecule has 1 N–H and O–H groups in total. The van der Waals surface area contributed by atoms with E-state index in [1.807, 2.05) is 13.8 Å². The van der Waals surface area contributed by atoms with Crippen LogP contribution in [0, 0.1) is 11.3 Å². The van der Waals surface area contributed by atoms with Gasteiger partial charge in [0.15, 0.2) is 5.41 Å². The zero-order valence-corrected chi connectivity index (χ0v) is 11.8. The second-order valence-electron chi connectivity index (χ2n) is 6.10. The highest BCUT2D eigenvalue weighted by Gasteiger charge is 2.45. The zero-order chi connectivity index (χ0) is 14.0. The molecule has 0 unspecified atom stereocenters. The lowest BCUT2D eigenvalue weighted by Crippen LogP contribution is -2.47. The molecule has 0 aromatic heterocycles. The number of hydrogen-bond acceptors (Lipinski definition) is 3. The predicted octanol–water partition coefficient (Wildman–Crippen LogP) is 3.00. The molecule has 1 saturated carbocycles. The minimum absolute atomic E-state index is 0.214. The van der Waals surface area contributed by atoms with Crippen molar-refractivity contribution in [2.45, 2.75) is 65.4 Å². The van der Waals surface area contributed by atoms with Crippen LogP contribution in [0.1, 0.15) is 59.8 Å². The molecular weight excluding hydrogens is 232 g/mol. The number of rotatable bonds is 4. The quantitative estimate of drug-likeness (QED) is 0.620. The molecule has 4 heteroatoms. The van der Waals surface area contributed by atoms with E-state index < -0.39 is 23.0 Å². The molecule has 1 rings (SSSR count). The molecule has 0 radical (unpaired) electrons. The lowest BCUT2D eigenvalue weighted by molar-refractivity contribution is -0.185. The summed E-state index contributed by atoms with van der Waals surface area (Å²) in [4.78, 5) is 23.2. The summed E-state index contributed by atoms with van der Waals surface area (Å²) >= 11 is 0. The minimum atomic E-state index is -1.47. The van der Waals surface area contributed by atoms with Gasteiger partial charge in [-0.15, -0.1) is 0 Å². The zero-order valence-electron chi connectivity index (χ0n) is 11.8. The van der Waals surface area contributed by atoms with Crippen molar-refractivity contribution in [2.24, 2.45) is 11.3 Å². The molecule has 0 saturated heterocycles. The van der Waals surface area contributed by atoms with Crippen LogP contribution in [-0.4, -0.2) is 22.6 Å². The predicted molar refractivity (Wildman–Crippen MR) is 68.2 cm³/mol. The molecular formula is C14H24O4. The SMILES string of the molecule is CC(C)C1(OC(=O)C(C)(C)C(=O)O)CCCCC1. The van der Waals surface area contributed by atoms with E-state index in [1.165, 1.54) is 13.8 Å². The Morgan fingerprint density at radius 2 is 1.67 bits per heavy atom. The van der Waals surface area contributed by atoms with Crippen molar-refractivity contribution in [3.8, 4) is 0 Å². The molecule has 0 aromatic rings. The van der Waals surface area contributed by atoms with Crippen LogP contribution in [0.25, 0.3) is 0 Å². The van der Waals surface area contributed by atoms with E-state index in [1.54, 1.807) is 0 Å². The van der Waals surface area contributed by atoms with Crippen molar-refractivity contribution in [1.29, 1.82) is 0 Å². The molecule has 1 aliphatic rings. The standard InChI is InChI=1S/C14H24O4/c1-10(2)14(8-6-5-7-9-14)18-12(17)13(3,4)11(15)16/h10H,5-9H2,1-4H3,(H,15,16). The Bertz CT molecular complexity index is 325. The van der Waals surface area contributed by atoms with Gasteiger partial charge in [0, 0.05) is 0 Å². The maximum absolute atomic E-state index is 12.1. The van der Waals surface area contributed by atoms with Gasteiger partial charge >= 0.3 is 11.9 Å². The Morgan fingerprint density at radius 1 is 1.17 bits per heavy atom. The third kappa shape index (κ3) is 2.85. The van der Waals surface area contributed by atoms with E-state index in [2.05, 4.69) is 0 Å². The molecule has 0 heterocycles. The third-order valence-corrected chi connectivity index (χ3v) is 4.09. The lowest BCUT2D eigenvalue weighted by Gasteiger charge is -2.41. The van der Waals surface area contributed by atoms with Gasteiger partial charge in [-0.2, -0.15) is 0 Å². The number of carboxylic acids is 1. The second kappa shape index (κ2) is 5.29. The first-order chi connectivity index (χ1) is 8.22. The molecule has 0 atom stereocenters. The van der Waals surface area contributed by atoms with Crippen molar-refractivity contribution >= 4 is 11.9 Å². The van der Waals surface area contributed by atoms with Crippen LogP contribution >= 0.6 is 0 Å². The Morgan fingerprint density at radius 3 is 2.06 bits per heavy atom. The molecule has 0 aromatic carbocycles. The topological polar surface area (TPSA) is 63.6 Å². The first-order valence-electron chi connectivity index (χ1n) is 6.69. The summed E-state index contributed by atoms with van der Waals surface area (Å²) in [6.07, 6.45) is 4.92. The maximum atomic E-state index is 12.1. The van der Waals surface area contributed by atoms with E-state index in [0.717, 1.165) is 32.1 Å². The summed E-state index contributed by atoms with van der Waals surface area (Å²) in [7, 11) is 0. The van der Waals surface area contributed by atoms with Gasteiger partial charge in [0.1, 0.15) is 5.60 Å². The van der Waals surface area contributed by atoms with Crippen molar-refractivity contribution in [3.05, 3.63) is 0 Å². The van der Waals surface area contributed by atoms with Gasteiger partial charge in [0.25, 0.3) is 0 Å². The van der Waals surface area contributed by atoms with E-state index >= 15 is 0 Å². The normalized spacial score (nSPS) is 19.6. The first-order valence-corrected chi connectivity index (χ1v) is 6.69. The second-order valence-corrected chi connectivity index (χ2v) is 6.10. The maximum Gasteiger partial charge on any atom is 0.323 e. The van der Waals surface area contributed by atoms with Gasteiger partial charge in [-0.25, -0.2) is 0 Å². The number of aliphatic carboxylic acids is 1. The molecule has 4 nitrogen and oxygen atoms in total. The van der Waals surface area contributed by atoms with Crippen LogP contribution in [0.3, 0.4) is 0 Å². The van der Waals surface area contributed by atoms with Gasteiger partial charge in [-0.3, -0.25) is 9.59 Å². The number of hydrogen-bond donors (Lipinski definition) is 1. The monoisotopic (exact) mass is 256 g/mol. The minimum Gasteiger partial charge on any atom is -0.480 e. The first kappa shape index (κ1) is 15.0. The number of carbonyl (C=O) groups is 2. The van der Waals surface area contributed by atoms with Gasteiger partial charge in [0.05, 0.1) is 0 Å². The average Bonchev–Trinajstić information content (AvgIpc) is 2.29. The molecule has 1 aliphatic carbocycles. The number of esters is 1. The van der Waals surface area contributed by atoms with E-state index in [4.69, 9.17) is 9.84 Å². The summed E-state index contributed by atoms with van der Waals surface area (Å²) < 4.78 is 5.65. The molecule has 0 bridgehead atoms. The highest BCUT2D eigenvalue weighted by atomic mass is 16.6. The molecule has 0 amide bonds. The summed E-state index contributed by atoms with van der Waals surface area (Å²) in [6, 6.07) is 0. The Labute approximate surface area is 109 Å². The van der Waals surface area contributed by atoms with Gasteiger partial charge in [0.2, 0.25) is 0 Å². The summed E-state index contributed by atoms with van der Waals surface area (Å²) in [5, 5.41) is 9.06. The number of carbonyl (C=O) groups excluding carboxylic acids is 1. The van der Waals surface area contributed by atoms with Crippen molar-refractivity contribution in [2.75, 3.05) is 0 Å². The van der Waals surface area contributed by atoms with Crippen LogP contribution in [0.15, 0.2) is 0 Å². The number of carboxylic acid groups (broad SMARTS) is 1. The Hall–Kier alpha value is -1.06. The van der Waals surface area contributed by atoms with Crippen molar-refractivity contribution in [1.82, 2.24) is 0 Å². The number of ether oxygens (including phenoxy) is 1. The average molecular weight is 256 g/mol. The van der Waals surface area contributed by atoms with Crippen molar-refractivity contribution < 1.29 is 19.4 Å². The fourth-order valence-electron chi connectivity index (χ4n) is 2.35. The highest BCUT2D eigenvalue weighted by Crippen LogP contribution is 2.39. The van der Waals surface area contributed by atoms with E-state index in [-0.39, 0.29) is 5.92 Å². The van der Waals surface area contributed by atoms with E-state index in [0.29, 0.717) is 0 Å². The van der Waals surface area contributed by atoms with Gasteiger partial charge in [-0.05, 0) is 45.4 Å². The molecule has 0 aliphatic heterocycles. The third-order valence-electron chi connectivity index (χ3n) is 4.09. The van der Waals surface area contributed by atoms with Gasteiger partial charge < -0.3 is 9.84 Å². The summed E-state index contributed by atoms with van der Waals surface area (Å²) in [5.41, 5.74) is -1.94. The lowest BCUT2D eigenvalue weighted by atomic mass is 9.76. The molecule has 104 valence electrons. The van der Waals surface area contributed by atoms with Crippen LogP contribution < -0.4 is 0 Å². The molecule has 18 heavy (non-hydrogen) atoms. The van der Waals surface area contributed by atoms with E-state index in [9.17, 15) is 9.59 Å². The fourth-order valence-corrected chi connectivity index (χ4v) is 2.35. The fraction of sp³-hybridized carbons (Fsp3) is 0.857. The molecule has 0 spiro atoms. The van der Waals surface area contributed by atoms with Crippen LogP contribution in [0.5, 0.6) is 0 Å². The van der Waals surface area contributed by atoms with Crippen LogP contribution in [0.4, 0.5) is 0 Å². The van der Waals surface area contributed by atoms with Gasteiger partial charge in [-0.1, -0.05) is 20.3 Å². The molecule has 1 fully saturated rings. The Balaban J connectivity index is 2.85. The highest BCUT2D eigenvalue weighted by molar-refractivity contribution is 5.98. The summed E-state index contributed by atoms with van der Waals surface area (Å²) in [5.74, 6) is -1.54. The summed E-state index contributed by atoms with van der Waals surface area (Å²) in [6.45, 7) is 6.86. The van der Waals surface area contributed by atoms with Crippen LogP contribution in [-0.2, 0) is 14.3 Å². The Kier molecular flexibility index (Phi) is 4.41. The van der Waals surface area contributed by atoms with Crippen molar-refractivity contribution in [3.63, 3.8) is 0 Å². The largest absolute Gasteiger partial charge is 0.480 e. The smallest absolute Gasteiger partial charge is 0.323 e.